The van der Waals surface area contributed by atoms with Crippen LogP contribution in [0.4, 0.5) is 0 Å². The van der Waals surface area contributed by atoms with Crippen molar-refractivity contribution in [2.24, 2.45) is 0 Å². The van der Waals surface area contributed by atoms with Crippen molar-refractivity contribution >= 4 is 46.8 Å². The van der Waals surface area contributed by atoms with Crippen molar-refractivity contribution < 1.29 is 9.59 Å². The second-order valence-electron chi connectivity index (χ2n) is 6.81. The molecule has 2 amide bonds. The zero-order chi connectivity index (χ0) is 21.4. The molecule has 7 heteroatoms. The van der Waals surface area contributed by atoms with E-state index in [0.29, 0.717) is 16.6 Å². The highest BCUT2D eigenvalue weighted by Crippen LogP contribution is 2.24. The lowest BCUT2D eigenvalue weighted by Crippen LogP contribution is -2.48. The molecule has 0 bridgehead atoms. The van der Waals surface area contributed by atoms with E-state index in [1.807, 2.05) is 32.0 Å². The Hall–Kier alpha value is -1.69. The van der Waals surface area contributed by atoms with Gasteiger partial charge in [-0.15, -0.1) is 11.8 Å². The number of hydrogen-bond donors (Lipinski definition) is 1. The van der Waals surface area contributed by atoms with Crippen LogP contribution in [0.5, 0.6) is 0 Å². The predicted molar refractivity (Wildman–Crippen MR) is 122 cm³/mol. The zero-order valence-corrected chi connectivity index (χ0v) is 19.2. The van der Waals surface area contributed by atoms with Gasteiger partial charge in [0.1, 0.15) is 6.04 Å². The molecular weight excluding hydrogens is 427 g/mol. The van der Waals surface area contributed by atoms with E-state index < -0.39 is 6.04 Å². The molecule has 4 nitrogen and oxygen atoms in total. The van der Waals surface area contributed by atoms with Crippen molar-refractivity contribution in [1.82, 2.24) is 10.2 Å². The standard InChI is InChI=1S/C22H26Cl2N2O2S/c1-4-25-22(28)16(3)26(12-18-8-9-19(23)11-20(18)24)21(27)14-29-13-17-7-5-6-15(2)10-17/h5-11,16H,4,12-14H2,1-3H3,(H,25,28)/t16-/m1/s1. The molecular formula is C22H26Cl2N2O2S. The SMILES string of the molecule is CCNC(=O)[C@@H](C)N(Cc1ccc(Cl)cc1Cl)C(=O)CSCc1cccc(C)c1. The number of nitrogens with zero attached hydrogens (tertiary/aromatic N) is 1. The summed E-state index contributed by atoms with van der Waals surface area (Å²) in [4.78, 5) is 26.9. The summed E-state index contributed by atoms with van der Waals surface area (Å²) >= 11 is 13.8. The van der Waals surface area contributed by atoms with Crippen LogP contribution in [0.1, 0.15) is 30.5 Å². The zero-order valence-electron chi connectivity index (χ0n) is 16.9. The molecule has 0 aromatic heterocycles. The smallest absolute Gasteiger partial charge is 0.242 e. The minimum Gasteiger partial charge on any atom is -0.355 e. The Bertz CT molecular complexity index is 860. The van der Waals surface area contributed by atoms with Gasteiger partial charge in [0, 0.05) is 28.9 Å². The van der Waals surface area contributed by atoms with Crippen LogP contribution in [0.2, 0.25) is 10.0 Å². The number of aryl methyl sites for hydroxylation is 1. The van der Waals surface area contributed by atoms with Crippen LogP contribution >= 0.6 is 35.0 Å². The van der Waals surface area contributed by atoms with Gasteiger partial charge in [0.05, 0.1) is 5.75 Å². The van der Waals surface area contributed by atoms with Crippen molar-refractivity contribution in [2.45, 2.75) is 39.1 Å². The average molecular weight is 453 g/mol. The largest absolute Gasteiger partial charge is 0.355 e. The first-order chi connectivity index (χ1) is 13.8. The number of halogens is 2. The van der Waals surface area contributed by atoms with Gasteiger partial charge in [-0.2, -0.15) is 0 Å². The lowest BCUT2D eigenvalue weighted by molar-refractivity contribution is -0.138. The minimum atomic E-state index is -0.603. The van der Waals surface area contributed by atoms with Crippen molar-refractivity contribution in [1.29, 1.82) is 0 Å². The number of amides is 2. The molecule has 2 rings (SSSR count). The van der Waals surface area contributed by atoms with Crippen molar-refractivity contribution in [2.75, 3.05) is 12.3 Å². The fourth-order valence-corrected chi connectivity index (χ4v) is 4.21. The summed E-state index contributed by atoms with van der Waals surface area (Å²) < 4.78 is 0. The molecule has 0 aliphatic carbocycles. The maximum Gasteiger partial charge on any atom is 0.242 e. The normalized spacial score (nSPS) is 11.8. The van der Waals surface area contributed by atoms with Gasteiger partial charge in [-0.1, -0.05) is 59.1 Å². The number of hydrogen-bond acceptors (Lipinski definition) is 3. The molecule has 0 aliphatic rings. The summed E-state index contributed by atoms with van der Waals surface area (Å²) in [6.45, 7) is 6.39. The number of carbonyl (C=O) groups is 2. The van der Waals surface area contributed by atoms with Gasteiger partial charge >= 0.3 is 0 Å². The molecule has 2 aromatic rings. The number of likely N-dealkylation sites (N-methyl/N-ethyl adjacent to an activating group) is 1. The molecule has 1 N–H and O–H groups in total. The third kappa shape index (κ3) is 7.25. The van der Waals surface area contributed by atoms with Crippen LogP contribution in [-0.2, 0) is 21.9 Å². The van der Waals surface area contributed by atoms with Crippen molar-refractivity contribution in [3.8, 4) is 0 Å². The summed E-state index contributed by atoms with van der Waals surface area (Å²) in [6.07, 6.45) is 0. The van der Waals surface area contributed by atoms with E-state index >= 15 is 0 Å². The maximum absolute atomic E-state index is 13.0. The molecule has 29 heavy (non-hydrogen) atoms. The number of nitrogens with one attached hydrogen (secondary N) is 1. The third-order valence-electron chi connectivity index (χ3n) is 4.45. The van der Waals surface area contributed by atoms with E-state index in [1.54, 1.807) is 30.0 Å². The topological polar surface area (TPSA) is 49.4 Å². The first-order valence-corrected chi connectivity index (χ1v) is 11.4. The number of thioether (sulfide) groups is 1. The Kier molecular flexibility index (Phi) is 9.34. The average Bonchev–Trinajstić information content (AvgIpc) is 2.67. The van der Waals surface area contributed by atoms with Crippen LogP contribution in [0.25, 0.3) is 0 Å². The molecule has 0 saturated carbocycles. The molecule has 156 valence electrons. The van der Waals surface area contributed by atoms with Crippen LogP contribution in [0.3, 0.4) is 0 Å². The second-order valence-corrected chi connectivity index (χ2v) is 8.64. The van der Waals surface area contributed by atoms with Gasteiger partial charge in [-0.3, -0.25) is 9.59 Å². The van der Waals surface area contributed by atoms with Crippen molar-refractivity contribution in [3.05, 3.63) is 69.2 Å². The van der Waals surface area contributed by atoms with Crippen LogP contribution in [0, 0.1) is 6.92 Å². The van der Waals surface area contributed by atoms with Gasteiger partial charge < -0.3 is 10.2 Å². The summed E-state index contributed by atoms with van der Waals surface area (Å²) in [5.74, 6) is 0.725. The molecule has 0 aliphatic heterocycles. The Morgan fingerprint density at radius 2 is 1.93 bits per heavy atom. The lowest BCUT2D eigenvalue weighted by atomic mass is 10.1. The van der Waals surface area contributed by atoms with Crippen molar-refractivity contribution in [3.63, 3.8) is 0 Å². The highest BCUT2D eigenvalue weighted by atomic mass is 35.5. The van der Waals surface area contributed by atoms with E-state index in [2.05, 4.69) is 11.4 Å². The number of benzene rings is 2. The summed E-state index contributed by atoms with van der Waals surface area (Å²) in [7, 11) is 0. The van der Waals surface area contributed by atoms with E-state index in [4.69, 9.17) is 23.2 Å². The summed E-state index contributed by atoms with van der Waals surface area (Å²) in [5.41, 5.74) is 3.12. The fourth-order valence-electron chi connectivity index (χ4n) is 2.88. The highest BCUT2D eigenvalue weighted by molar-refractivity contribution is 7.99. The van der Waals surface area contributed by atoms with Gasteiger partial charge in [-0.05, 0) is 44.0 Å². The quantitative estimate of drug-likeness (QED) is 0.576. The first-order valence-electron chi connectivity index (χ1n) is 9.46. The third-order valence-corrected chi connectivity index (χ3v) is 6.03. The Morgan fingerprint density at radius 1 is 1.17 bits per heavy atom. The van der Waals surface area contributed by atoms with E-state index in [9.17, 15) is 9.59 Å². The monoisotopic (exact) mass is 452 g/mol. The highest BCUT2D eigenvalue weighted by Gasteiger charge is 2.26. The van der Waals surface area contributed by atoms with E-state index in [0.717, 1.165) is 11.3 Å². The molecule has 0 spiro atoms. The molecule has 2 aromatic carbocycles. The lowest BCUT2D eigenvalue weighted by Gasteiger charge is -2.29. The Morgan fingerprint density at radius 3 is 2.59 bits per heavy atom. The molecule has 0 unspecified atom stereocenters. The molecule has 0 radical (unpaired) electrons. The van der Waals surface area contributed by atoms with Gasteiger partial charge in [0.15, 0.2) is 0 Å². The first kappa shape index (κ1) is 23.6. The second kappa shape index (κ2) is 11.5. The Labute approximate surface area is 187 Å². The molecule has 0 saturated heterocycles. The van der Waals surface area contributed by atoms with E-state index in [-0.39, 0.29) is 24.1 Å². The van der Waals surface area contributed by atoms with Gasteiger partial charge in [-0.25, -0.2) is 0 Å². The van der Waals surface area contributed by atoms with Crippen LogP contribution in [-0.4, -0.2) is 35.1 Å². The van der Waals surface area contributed by atoms with E-state index in [1.165, 1.54) is 22.9 Å². The molecule has 0 fully saturated rings. The number of carbonyl (C=O) groups excluding carboxylic acids is 2. The molecule has 1 atom stereocenters. The van der Waals surface area contributed by atoms with Crippen LogP contribution < -0.4 is 5.32 Å². The fraction of sp³-hybridized carbons (Fsp3) is 0.364. The van der Waals surface area contributed by atoms with Gasteiger partial charge in [0.25, 0.3) is 0 Å². The summed E-state index contributed by atoms with van der Waals surface area (Å²) in [6, 6.07) is 12.8. The van der Waals surface area contributed by atoms with Gasteiger partial charge in [0.2, 0.25) is 11.8 Å². The molecule has 0 heterocycles. The Balaban J connectivity index is 2.10. The minimum absolute atomic E-state index is 0.104. The van der Waals surface area contributed by atoms with Crippen LogP contribution in [0.15, 0.2) is 42.5 Å². The number of rotatable bonds is 9. The summed E-state index contributed by atoms with van der Waals surface area (Å²) in [5, 5.41) is 3.79. The maximum atomic E-state index is 13.0. The predicted octanol–water partition coefficient (Wildman–Crippen LogP) is 5.09.